The van der Waals surface area contributed by atoms with Gasteiger partial charge in [-0.3, -0.25) is 0 Å². The number of carboxylic acid groups (broad SMARTS) is 1. The lowest BCUT2D eigenvalue weighted by molar-refractivity contribution is -0.144. The van der Waals surface area contributed by atoms with Gasteiger partial charge in [-0.25, -0.2) is 9.59 Å². The average molecular weight is 229 g/mol. The van der Waals surface area contributed by atoms with E-state index in [0.29, 0.717) is 13.1 Å². The topological polar surface area (TPSA) is 81.7 Å². The van der Waals surface area contributed by atoms with Crippen LogP contribution in [0, 0.1) is 0 Å². The lowest BCUT2D eigenvalue weighted by Gasteiger charge is -2.38. The summed E-state index contributed by atoms with van der Waals surface area (Å²) in [6.07, 6.45) is 0. The van der Waals surface area contributed by atoms with Crippen molar-refractivity contribution in [2.45, 2.75) is 38.9 Å². The van der Waals surface area contributed by atoms with Crippen molar-refractivity contribution in [2.75, 3.05) is 13.1 Å². The van der Waals surface area contributed by atoms with Crippen LogP contribution in [0.1, 0.15) is 20.8 Å². The standard InChI is InChI=1S/C10H19N3O3/c1-6(2)12-10(16)13-5-4-11-7(3)8(13)9(14)15/h6-8,11H,4-5H2,1-3H3,(H,12,16)(H,14,15). The molecule has 1 fully saturated rings. The number of piperazine rings is 1. The van der Waals surface area contributed by atoms with Crippen LogP contribution in [0.5, 0.6) is 0 Å². The van der Waals surface area contributed by atoms with Crippen LogP contribution in [0.3, 0.4) is 0 Å². The van der Waals surface area contributed by atoms with Gasteiger partial charge in [0.15, 0.2) is 0 Å². The molecule has 0 aliphatic carbocycles. The van der Waals surface area contributed by atoms with Gasteiger partial charge in [-0.1, -0.05) is 0 Å². The van der Waals surface area contributed by atoms with Gasteiger partial charge in [0.05, 0.1) is 0 Å². The van der Waals surface area contributed by atoms with Gasteiger partial charge in [-0.2, -0.15) is 0 Å². The van der Waals surface area contributed by atoms with Gasteiger partial charge in [-0.15, -0.1) is 0 Å². The molecule has 2 amide bonds. The minimum absolute atomic E-state index is 0.00661. The van der Waals surface area contributed by atoms with Gasteiger partial charge in [0, 0.05) is 25.2 Å². The minimum atomic E-state index is -0.974. The number of hydrogen-bond donors (Lipinski definition) is 3. The Morgan fingerprint density at radius 3 is 2.62 bits per heavy atom. The Bertz CT molecular complexity index is 280. The average Bonchev–Trinajstić information content (AvgIpc) is 2.15. The Hall–Kier alpha value is -1.30. The second-order valence-electron chi connectivity index (χ2n) is 4.32. The molecule has 0 aromatic carbocycles. The van der Waals surface area contributed by atoms with E-state index in [-0.39, 0.29) is 18.1 Å². The number of hydrogen-bond acceptors (Lipinski definition) is 3. The monoisotopic (exact) mass is 229 g/mol. The highest BCUT2D eigenvalue weighted by Crippen LogP contribution is 2.10. The Balaban J connectivity index is 2.75. The van der Waals surface area contributed by atoms with E-state index in [0.717, 1.165) is 0 Å². The van der Waals surface area contributed by atoms with Crippen LogP contribution in [-0.4, -0.2) is 53.2 Å². The maximum Gasteiger partial charge on any atom is 0.328 e. The number of amides is 2. The molecule has 1 rings (SSSR count). The maximum absolute atomic E-state index is 11.8. The number of urea groups is 1. The van der Waals surface area contributed by atoms with Crippen molar-refractivity contribution in [1.82, 2.24) is 15.5 Å². The van der Waals surface area contributed by atoms with E-state index in [1.807, 2.05) is 13.8 Å². The van der Waals surface area contributed by atoms with E-state index in [2.05, 4.69) is 10.6 Å². The molecule has 0 spiro atoms. The molecule has 6 nitrogen and oxygen atoms in total. The van der Waals surface area contributed by atoms with E-state index in [4.69, 9.17) is 5.11 Å². The second kappa shape index (κ2) is 5.16. The summed E-state index contributed by atoms with van der Waals surface area (Å²) in [5.74, 6) is -0.974. The predicted molar refractivity (Wildman–Crippen MR) is 59.3 cm³/mol. The molecule has 3 N–H and O–H groups in total. The molecule has 6 heteroatoms. The molecule has 1 heterocycles. The lowest BCUT2D eigenvalue weighted by Crippen LogP contribution is -2.63. The molecule has 0 aromatic heterocycles. The van der Waals surface area contributed by atoms with Crippen molar-refractivity contribution in [1.29, 1.82) is 0 Å². The Labute approximate surface area is 95.0 Å². The van der Waals surface area contributed by atoms with Crippen LogP contribution in [0.25, 0.3) is 0 Å². The SMILES string of the molecule is CC(C)NC(=O)N1CCNC(C)C1C(=O)O. The summed E-state index contributed by atoms with van der Waals surface area (Å²) in [5.41, 5.74) is 0. The first-order valence-corrected chi connectivity index (χ1v) is 5.46. The van der Waals surface area contributed by atoms with Crippen LogP contribution >= 0.6 is 0 Å². The van der Waals surface area contributed by atoms with E-state index in [9.17, 15) is 9.59 Å². The fourth-order valence-electron chi connectivity index (χ4n) is 1.84. The number of rotatable bonds is 2. The summed E-state index contributed by atoms with van der Waals surface area (Å²) in [6.45, 7) is 6.50. The van der Waals surface area contributed by atoms with Crippen molar-refractivity contribution < 1.29 is 14.7 Å². The zero-order valence-corrected chi connectivity index (χ0v) is 9.86. The number of carbonyl (C=O) groups is 2. The van der Waals surface area contributed by atoms with Gasteiger partial charge in [-0.05, 0) is 20.8 Å². The fraction of sp³-hybridized carbons (Fsp3) is 0.800. The second-order valence-corrected chi connectivity index (χ2v) is 4.32. The summed E-state index contributed by atoms with van der Waals surface area (Å²) >= 11 is 0. The quantitative estimate of drug-likeness (QED) is 0.615. The Kier molecular flexibility index (Phi) is 4.12. The first-order valence-electron chi connectivity index (χ1n) is 5.46. The van der Waals surface area contributed by atoms with Crippen LogP contribution in [0.4, 0.5) is 4.79 Å². The zero-order chi connectivity index (χ0) is 12.3. The molecule has 0 bridgehead atoms. The lowest BCUT2D eigenvalue weighted by atomic mass is 10.1. The third-order valence-corrected chi connectivity index (χ3v) is 2.55. The summed E-state index contributed by atoms with van der Waals surface area (Å²) in [5, 5.41) is 14.9. The maximum atomic E-state index is 11.8. The molecule has 0 aromatic rings. The molecular weight excluding hydrogens is 210 g/mol. The molecule has 1 saturated heterocycles. The van der Waals surface area contributed by atoms with E-state index >= 15 is 0 Å². The summed E-state index contributed by atoms with van der Waals surface area (Å²) in [6, 6.07) is -1.33. The number of aliphatic carboxylic acids is 1. The fourth-order valence-corrected chi connectivity index (χ4v) is 1.84. The van der Waals surface area contributed by atoms with Crippen molar-refractivity contribution in [3.05, 3.63) is 0 Å². The molecular formula is C10H19N3O3. The van der Waals surface area contributed by atoms with E-state index in [1.54, 1.807) is 6.92 Å². The van der Waals surface area contributed by atoms with Crippen LogP contribution < -0.4 is 10.6 Å². The zero-order valence-electron chi connectivity index (χ0n) is 9.86. The predicted octanol–water partition coefficient (Wildman–Crippen LogP) is -0.149. The third kappa shape index (κ3) is 2.85. The van der Waals surface area contributed by atoms with Gasteiger partial charge in [0.25, 0.3) is 0 Å². The number of nitrogens with zero attached hydrogens (tertiary/aromatic N) is 1. The number of carboxylic acids is 1. The van der Waals surface area contributed by atoms with Crippen molar-refractivity contribution in [2.24, 2.45) is 0 Å². The largest absolute Gasteiger partial charge is 0.480 e. The first-order chi connectivity index (χ1) is 7.43. The van der Waals surface area contributed by atoms with E-state index < -0.39 is 12.0 Å². The summed E-state index contributed by atoms with van der Waals surface area (Å²) in [4.78, 5) is 24.3. The van der Waals surface area contributed by atoms with Gasteiger partial charge < -0.3 is 20.6 Å². The molecule has 2 atom stereocenters. The smallest absolute Gasteiger partial charge is 0.328 e. The normalized spacial score (nSPS) is 25.6. The van der Waals surface area contributed by atoms with Gasteiger partial charge in [0.2, 0.25) is 0 Å². The molecule has 1 aliphatic heterocycles. The Morgan fingerprint density at radius 2 is 2.12 bits per heavy atom. The number of nitrogens with one attached hydrogen (secondary N) is 2. The van der Waals surface area contributed by atoms with Crippen molar-refractivity contribution in [3.8, 4) is 0 Å². The molecule has 0 radical (unpaired) electrons. The van der Waals surface area contributed by atoms with Crippen LogP contribution in [-0.2, 0) is 4.79 Å². The third-order valence-electron chi connectivity index (χ3n) is 2.55. The van der Waals surface area contributed by atoms with Crippen LogP contribution in [0.15, 0.2) is 0 Å². The first kappa shape index (κ1) is 12.8. The van der Waals surface area contributed by atoms with E-state index in [1.165, 1.54) is 4.90 Å². The van der Waals surface area contributed by atoms with Crippen LogP contribution in [0.2, 0.25) is 0 Å². The highest BCUT2D eigenvalue weighted by molar-refractivity contribution is 5.83. The highest BCUT2D eigenvalue weighted by atomic mass is 16.4. The summed E-state index contributed by atoms with van der Waals surface area (Å²) in [7, 11) is 0. The number of carbonyl (C=O) groups excluding carboxylic acids is 1. The summed E-state index contributed by atoms with van der Waals surface area (Å²) < 4.78 is 0. The Morgan fingerprint density at radius 1 is 1.50 bits per heavy atom. The van der Waals surface area contributed by atoms with Gasteiger partial charge >= 0.3 is 12.0 Å². The molecule has 16 heavy (non-hydrogen) atoms. The molecule has 92 valence electrons. The highest BCUT2D eigenvalue weighted by Gasteiger charge is 2.36. The van der Waals surface area contributed by atoms with Crippen molar-refractivity contribution in [3.63, 3.8) is 0 Å². The van der Waals surface area contributed by atoms with Crippen molar-refractivity contribution >= 4 is 12.0 Å². The minimum Gasteiger partial charge on any atom is -0.480 e. The molecule has 0 saturated carbocycles. The molecule has 2 unspecified atom stereocenters. The molecule has 1 aliphatic rings. The van der Waals surface area contributed by atoms with Gasteiger partial charge in [0.1, 0.15) is 6.04 Å².